The molecule has 0 atom stereocenters. The molecule has 0 fully saturated rings. The molecule has 1 N–H and O–H groups in total. The molecule has 4 aromatic rings. The molecule has 0 aliphatic rings. The third kappa shape index (κ3) is 3.36. The van der Waals surface area contributed by atoms with Crippen LogP contribution in [0.3, 0.4) is 0 Å². The van der Waals surface area contributed by atoms with E-state index >= 15 is 0 Å². The zero-order chi connectivity index (χ0) is 19.8. The number of rotatable bonds is 4. The Labute approximate surface area is 167 Å². The molecule has 0 radical (unpaired) electrons. The first-order valence-corrected chi connectivity index (χ1v) is 9.81. The van der Waals surface area contributed by atoms with E-state index in [9.17, 15) is 4.79 Å². The summed E-state index contributed by atoms with van der Waals surface area (Å²) in [5.41, 5.74) is 6.09. The fourth-order valence-corrected chi connectivity index (χ4v) is 3.93. The summed E-state index contributed by atoms with van der Waals surface area (Å²) in [5.74, 6) is 0.0798. The van der Waals surface area contributed by atoms with Crippen LogP contribution in [0.4, 0.5) is 11.6 Å². The SMILES string of the molecule is Cc1ccc(-c2csc3nc(NC(=O)c4ccc(N(C)C)cc4)nn23)c(C)c1. The molecule has 7 heteroatoms. The van der Waals surface area contributed by atoms with Crippen LogP contribution in [0.1, 0.15) is 21.5 Å². The summed E-state index contributed by atoms with van der Waals surface area (Å²) in [4.78, 5) is 19.7. The lowest BCUT2D eigenvalue weighted by Crippen LogP contribution is -2.14. The predicted molar refractivity (Wildman–Crippen MR) is 114 cm³/mol. The normalized spacial score (nSPS) is 11.0. The van der Waals surface area contributed by atoms with E-state index < -0.39 is 0 Å². The molecule has 0 aliphatic heterocycles. The Morgan fingerprint density at radius 3 is 2.54 bits per heavy atom. The van der Waals surface area contributed by atoms with Gasteiger partial charge in [-0.2, -0.15) is 4.98 Å². The third-order valence-electron chi connectivity index (χ3n) is 4.61. The molecular formula is C21H21N5OS. The van der Waals surface area contributed by atoms with Crippen molar-refractivity contribution in [3.63, 3.8) is 0 Å². The van der Waals surface area contributed by atoms with Crippen LogP contribution in [0.25, 0.3) is 16.2 Å². The number of benzene rings is 2. The molecule has 0 aliphatic carbocycles. The maximum absolute atomic E-state index is 12.5. The molecular weight excluding hydrogens is 370 g/mol. The van der Waals surface area contributed by atoms with Gasteiger partial charge in [0.05, 0.1) is 5.69 Å². The van der Waals surface area contributed by atoms with Gasteiger partial charge in [-0.05, 0) is 43.7 Å². The van der Waals surface area contributed by atoms with Crippen molar-refractivity contribution in [3.8, 4) is 11.3 Å². The second-order valence-corrected chi connectivity index (χ2v) is 7.80. The lowest BCUT2D eigenvalue weighted by Gasteiger charge is -2.12. The van der Waals surface area contributed by atoms with E-state index in [1.54, 1.807) is 16.6 Å². The average Bonchev–Trinajstić information content (AvgIpc) is 3.22. The number of anilines is 2. The highest BCUT2D eigenvalue weighted by molar-refractivity contribution is 7.15. The van der Waals surface area contributed by atoms with Gasteiger partial charge < -0.3 is 4.90 Å². The summed E-state index contributed by atoms with van der Waals surface area (Å²) in [6, 6.07) is 13.7. The van der Waals surface area contributed by atoms with Gasteiger partial charge in [0.1, 0.15) is 0 Å². The summed E-state index contributed by atoms with van der Waals surface area (Å²) in [6.07, 6.45) is 0. The van der Waals surface area contributed by atoms with E-state index in [1.807, 2.05) is 36.5 Å². The van der Waals surface area contributed by atoms with Gasteiger partial charge in [0.25, 0.3) is 11.9 Å². The lowest BCUT2D eigenvalue weighted by molar-refractivity contribution is 0.102. The maximum Gasteiger partial charge on any atom is 0.258 e. The summed E-state index contributed by atoms with van der Waals surface area (Å²) in [6.45, 7) is 4.16. The molecule has 0 saturated heterocycles. The number of nitrogens with zero attached hydrogens (tertiary/aromatic N) is 4. The van der Waals surface area contributed by atoms with Crippen LogP contribution in [-0.4, -0.2) is 34.6 Å². The molecule has 2 heterocycles. The number of hydrogen-bond donors (Lipinski definition) is 1. The number of aromatic nitrogens is 3. The van der Waals surface area contributed by atoms with Crippen LogP contribution in [0.2, 0.25) is 0 Å². The van der Waals surface area contributed by atoms with E-state index in [0.29, 0.717) is 11.5 Å². The van der Waals surface area contributed by atoms with Gasteiger partial charge in [0.15, 0.2) is 0 Å². The highest BCUT2D eigenvalue weighted by Crippen LogP contribution is 2.29. The number of fused-ring (bicyclic) bond motifs is 1. The highest BCUT2D eigenvalue weighted by Gasteiger charge is 2.15. The number of amides is 1. The van der Waals surface area contributed by atoms with Gasteiger partial charge in [0.2, 0.25) is 4.96 Å². The van der Waals surface area contributed by atoms with Gasteiger partial charge in [-0.1, -0.05) is 23.8 Å². The van der Waals surface area contributed by atoms with Crippen LogP contribution in [0, 0.1) is 13.8 Å². The van der Waals surface area contributed by atoms with Crippen LogP contribution in [0.5, 0.6) is 0 Å². The minimum absolute atomic E-state index is 0.225. The number of carbonyl (C=O) groups excluding carboxylic acids is 1. The zero-order valence-corrected chi connectivity index (χ0v) is 17.0. The van der Waals surface area contributed by atoms with E-state index in [2.05, 4.69) is 47.4 Å². The Kier molecular flexibility index (Phi) is 4.60. The standard InChI is InChI=1S/C21H21N5OS/c1-13-5-10-17(14(2)11-13)18-12-28-21-23-20(24-26(18)21)22-19(27)15-6-8-16(9-7-15)25(3)4/h5-12H,1-4H3,(H,22,24,27). The van der Waals surface area contributed by atoms with Crippen molar-refractivity contribution in [1.29, 1.82) is 0 Å². The van der Waals surface area contributed by atoms with Crippen molar-refractivity contribution < 1.29 is 4.79 Å². The Hall–Kier alpha value is -3.19. The quantitative estimate of drug-likeness (QED) is 0.560. The first-order chi connectivity index (χ1) is 13.4. The smallest absolute Gasteiger partial charge is 0.258 e. The maximum atomic E-state index is 12.5. The summed E-state index contributed by atoms with van der Waals surface area (Å²) in [7, 11) is 3.92. The van der Waals surface area contributed by atoms with Crippen LogP contribution in [0.15, 0.2) is 47.8 Å². The number of nitrogens with one attached hydrogen (secondary N) is 1. The predicted octanol–water partition coefficient (Wildman–Crippen LogP) is 4.39. The van der Waals surface area contributed by atoms with Crippen LogP contribution in [-0.2, 0) is 0 Å². The molecule has 0 unspecified atom stereocenters. The molecule has 6 nitrogen and oxygen atoms in total. The molecule has 1 amide bonds. The zero-order valence-electron chi connectivity index (χ0n) is 16.2. The number of hydrogen-bond acceptors (Lipinski definition) is 5. The second-order valence-electron chi connectivity index (χ2n) is 6.96. The summed E-state index contributed by atoms with van der Waals surface area (Å²) in [5, 5.41) is 9.34. The Morgan fingerprint density at radius 1 is 1.11 bits per heavy atom. The molecule has 0 bridgehead atoms. The number of thiazole rings is 1. The summed E-state index contributed by atoms with van der Waals surface area (Å²) >= 11 is 1.50. The first kappa shape index (κ1) is 18.2. The van der Waals surface area contributed by atoms with E-state index in [4.69, 9.17) is 0 Å². The largest absolute Gasteiger partial charge is 0.378 e. The van der Waals surface area contributed by atoms with E-state index in [1.165, 1.54) is 22.5 Å². The minimum atomic E-state index is -0.225. The van der Waals surface area contributed by atoms with Crippen LogP contribution < -0.4 is 10.2 Å². The van der Waals surface area contributed by atoms with Crippen molar-refractivity contribution in [1.82, 2.24) is 14.6 Å². The molecule has 2 aromatic carbocycles. The topological polar surface area (TPSA) is 62.5 Å². The van der Waals surface area contributed by atoms with Gasteiger partial charge in [-0.3, -0.25) is 10.1 Å². The molecule has 4 rings (SSSR count). The number of aryl methyl sites for hydroxylation is 2. The van der Waals surface area contributed by atoms with Gasteiger partial charge in [-0.15, -0.1) is 16.4 Å². The monoisotopic (exact) mass is 391 g/mol. The lowest BCUT2D eigenvalue weighted by atomic mass is 10.0. The Morgan fingerprint density at radius 2 is 1.86 bits per heavy atom. The highest BCUT2D eigenvalue weighted by atomic mass is 32.1. The van der Waals surface area contributed by atoms with Gasteiger partial charge in [0, 0.05) is 36.3 Å². The van der Waals surface area contributed by atoms with E-state index in [-0.39, 0.29) is 5.91 Å². The number of carbonyl (C=O) groups is 1. The summed E-state index contributed by atoms with van der Waals surface area (Å²) < 4.78 is 1.78. The molecule has 28 heavy (non-hydrogen) atoms. The van der Waals surface area contributed by atoms with Crippen molar-refractivity contribution in [3.05, 3.63) is 64.5 Å². The molecule has 142 valence electrons. The fourth-order valence-electron chi connectivity index (χ4n) is 3.11. The minimum Gasteiger partial charge on any atom is -0.378 e. The van der Waals surface area contributed by atoms with Crippen molar-refractivity contribution in [2.45, 2.75) is 13.8 Å². The van der Waals surface area contributed by atoms with E-state index in [0.717, 1.165) is 21.9 Å². The average molecular weight is 392 g/mol. The van der Waals surface area contributed by atoms with Crippen molar-refractivity contribution in [2.75, 3.05) is 24.3 Å². The first-order valence-electron chi connectivity index (χ1n) is 8.93. The molecule has 0 saturated carbocycles. The fraction of sp³-hybridized carbons (Fsp3) is 0.190. The van der Waals surface area contributed by atoms with Gasteiger partial charge in [-0.25, -0.2) is 4.52 Å². The van der Waals surface area contributed by atoms with Crippen LogP contribution >= 0.6 is 11.3 Å². The third-order valence-corrected chi connectivity index (χ3v) is 5.43. The Balaban J connectivity index is 1.60. The molecule has 2 aromatic heterocycles. The van der Waals surface area contributed by atoms with Gasteiger partial charge >= 0.3 is 0 Å². The van der Waals surface area contributed by atoms with Crippen molar-refractivity contribution >= 4 is 33.8 Å². The van der Waals surface area contributed by atoms with Crippen molar-refractivity contribution in [2.24, 2.45) is 0 Å². The second kappa shape index (κ2) is 7.09. The Bertz CT molecular complexity index is 1160. The molecule has 0 spiro atoms.